The predicted molar refractivity (Wildman–Crippen MR) is 92.2 cm³/mol. The van der Waals surface area contributed by atoms with Gasteiger partial charge < -0.3 is 25.2 Å². The van der Waals surface area contributed by atoms with Gasteiger partial charge in [-0.3, -0.25) is 14.4 Å². The lowest BCUT2D eigenvalue weighted by atomic mass is 9.60. The van der Waals surface area contributed by atoms with E-state index in [0.29, 0.717) is 12.2 Å². The molecule has 0 aromatic heterocycles. The molecular formula is C19H23O8. The summed E-state index contributed by atoms with van der Waals surface area (Å²) in [4.78, 5) is 36.2. The third-order valence-corrected chi connectivity index (χ3v) is 5.14. The number of benzene rings is 1. The summed E-state index contributed by atoms with van der Waals surface area (Å²) in [7, 11) is 0. The number of aliphatic hydroxyl groups excluding tert-OH is 1. The molecule has 1 heterocycles. The molecule has 1 saturated heterocycles. The minimum atomic E-state index is -2.96. The van der Waals surface area contributed by atoms with Crippen molar-refractivity contribution in [2.24, 2.45) is 0 Å². The molecule has 1 fully saturated rings. The van der Waals surface area contributed by atoms with Gasteiger partial charge in [0.05, 0.1) is 0 Å². The molecule has 27 heavy (non-hydrogen) atoms. The van der Waals surface area contributed by atoms with Crippen LogP contribution >= 0.6 is 0 Å². The maximum absolute atomic E-state index is 12.4. The third kappa shape index (κ3) is 3.13. The molecule has 1 aromatic carbocycles. The first-order valence-corrected chi connectivity index (χ1v) is 8.33. The highest BCUT2D eigenvalue weighted by molar-refractivity contribution is 5.95. The van der Waals surface area contributed by atoms with E-state index in [1.165, 1.54) is 0 Å². The van der Waals surface area contributed by atoms with Gasteiger partial charge in [-0.25, -0.2) is 0 Å². The number of carbonyl (C=O) groups is 3. The molecule has 0 aliphatic carbocycles. The first-order chi connectivity index (χ1) is 12.4. The molecule has 0 saturated carbocycles. The van der Waals surface area contributed by atoms with Crippen molar-refractivity contribution in [2.45, 2.75) is 56.2 Å². The number of Topliss-reactive ketones (excluding diaryl/α,β-unsaturated/α-hetero) is 3. The lowest BCUT2D eigenvalue weighted by molar-refractivity contribution is -0.298. The van der Waals surface area contributed by atoms with Gasteiger partial charge >= 0.3 is 0 Å². The summed E-state index contributed by atoms with van der Waals surface area (Å²) in [5.41, 5.74) is -8.14. The molecule has 0 amide bonds. The van der Waals surface area contributed by atoms with Gasteiger partial charge in [0, 0.05) is 6.42 Å². The van der Waals surface area contributed by atoms with Gasteiger partial charge in [-0.2, -0.15) is 0 Å². The van der Waals surface area contributed by atoms with Gasteiger partial charge in [-0.15, -0.1) is 0 Å². The largest absolute Gasteiger partial charge is 0.382 e. The van der Waals surface area contributed by atoms with Crippen molar-refractivity contribution >= 4 is 17.3 Å². The Hall–Kier alpha value is -1.97. The highest BCUT2D eigenvalue weighted by Gasteiger charge is 2.73. The lowest BCUT2D eigenvalue weighted by Gasteiger charge is -2.56. The highest BCUT2D eigenvalue weighted by Crippen LogP contribution is 2.47. The van der Waals surface area contributed by atoms with Crippen LogP contribution in [0.1, 0.15) is 26.3 Å². The van der Waals surface area contributed by atoms with E-state index in [4.69, 9.17) is 4.74 Å². The molecule has 8 nitrogen and oxygen atoms in total. The van der Waals surface area contributed by atoms with Gasteiger partial charge in [-0.1, -0.05) is 30.3 Å². The number of hydrogen-bond acceptors (Lipinski definition) is 8. The maximum atomic E-state index is 12.4. The predicted octanol–water partition coefficient (Wildman–Crippen LogP) is -0.889. The van der Waals surface area contributed by atoms with E-state index in [9.17, 15) is 34.8 Å². The van der Waals surface area contributed by atoms with Crippen molar-refractivity contribution in [3.8, 4) is 0 Å². The van der Waals surface area contributed by atoms with E-state index in [2.05, 4.69) is 0 Å². The van der Waals surface area contributed by atoms with Crippen LogP contribution in [0, 0.1) is 6.61 Å². The average Bonchev–Trinajstić information content (AvgIpc) is 2.60. The number of ketones is 3. The molecule has 8 heteroatoms. The zero-order chi connectivity index (χ0) is 20.6. The fourth-order valence-corrected chi connectivity index (χ4v) is 3.44. The number of rotatable bonds is 6. The second kappa shape index (κ2) is 7.21. The molecular weight excluding hydrogens is 356 g/mol. The molecule has 1 unspecified atom stereocenters. The molecule has 5 atom stereocenters. The first kappa shape index (κ1) is 21.3. The summed E-state index contributed by atoms with van der Waals surface area (Å²) in [6, 6.07) is 8.07. The van der Waals surface area contributed by atoms with Crippen LogP contribution in [0.4, 0.5) is 0 Å². The van der Waals surface area contributed by atoms with Crippen LogP contribution < -0.4 is 0 Å². The summed E-state index contributed by atoms with van der Waals surface area (Å²) in [5.74, 6) is -2.90. The van der Waals surface area contributed by atoms with E-state index in [1.54, 1.807) is 30.3 Å². The Bertz CT molecular complexity index is 747. The van der Waals surface area contributed by atoms with Crippen LogP contribution in [-0.4, -0.2) is 66.8 Å². The third-order valence-electron chi connectivity index (χ3n) is 5.14. The number of carbonyl (C=O) groups excluding carboxylic acids is 3. The smallest absolute Gasteiger partial charge is 0.184 e. The van der Waals surface area contributed by atoms with Crippen LogP contribution in [0.15, 0.2) is 30.3 Å². The normalized spacial score (nSPS) is 34.7. The van der Waals surface area contributed by atoms with Crippen molar-refractivity contribution < 1.29 is 39.5 Å². The zero-order valence-electron chi connectivity index (χ0n) is 15.2. The fourth-order valence-electron chi connectivity index (χ4n) is 3.44. The van der Waals surface area contributed by atoms with Gasteiger partial charge in [-0.05, 0) is 26.3 Å². The Morgan fingerprint density at radius 2 is 1.59 bits per heavy atom. The summed E-state index contributed by atoms with van der Waals surface area (Å²) >= 11 is 0. The average molecular weight is 379 g/mol. The summed E-state index contributed by atoms with van der Waals surface area (Å²) in [5, 5.41) is 43.7. The van der Waals surface area contributed by atoms with Crippen LogP contribution in [0.25, 0.3) is 0 Å². The van der Waals surface area contributed by atoms with E-state index in [0.717, 1.165) is 20.8 Å². The minimum absolute atomic E-state index is 0.394. The monoisotopic (exact) mass is 379 g/mol. The van der Waals surface area contributed by atoms with Crippen molar-refractivity contribution in [1.82, 2.24) is 0 Å². The summed E-state index contributed by atoms with van der Waals surface area (Å²) in [6.07, 6.45) is -4.42. The lowest BCUT2D eigenvalue weighted by Crippen LogP contribution is -2.82. The summed E-state index contributed by atoms with van der Waals surface area (Å²) < 4.78 is 5.09. The Kier molecular flexibility index (Phi) is 5.70. The van der Waals surface area contributed by atoms with Crippen LogP contribution in [0.2, 0.25) is 0 Å². The molecule has 4 N–H and O–H groups in total. The van der Waals surface area contributed by atoms with Gasteiger partial charge in [0.1, 0.15) is 24.4 Å². The Balaban J connectivity index is 2.72. The van der Waals surface area contributed by atoms with Crippen molar-refractivity contribution in [1.29, 1.82) is 0 Å². The van der Waals surface area contributed by atoms with E-state index < -0.39 is 52.8 Å². The fraction of sp³-hybridized carbons (Fsp3) is 0.474. The Morgan fingerprint density at radius 1 is 1.04 bits per heavy atom. The highest BCUT2D eigenvalue weighted by atomic mass is 16.5. The van der Waals surface area contributed by atoms with E-state index >= 15 is 0 Å². The van der Waals surface area contributed by atoms with Crippen LogP contribution in [-0.2, 0) is 25.5 Å². The SMILES string of the molecule is CC(=O)C(O)[C@H]1O[CH][C@](O)(C(C)=O)[C@@](O)(Cc2ccccc2)[C@@]1(O)C(C)=O. The van der Waals surface area contributed by atoms with Gasteiger partial charge in [0.2, 0.25) is 0 Å². The van der Waals surface area contributed by atoms with Gasteiger partial charge in [0.25, 0.3) is 0 Å². The van der Waals surface area contributed by atoms with Crippen LogP contribution in [0.3, 0.4) is 0 Å². The van der Waals surface area contributed by atoms with Gasteiger partial charge in [0.15, 0.2) is 28.6 Å². The van der Waals surface area contributed by atoms with Crippen LogP contribution in [0.5, 0.6) is 0 Å². The van der Waals surface area contributed by atoms with Crippen molar-refractivity contribution in [3.63, 3.8) is 0 Å². The number of hydrogen-bond donors (Lipinski definition) is 4. The molecule has 1 aliphatic heterocycles. The second-order valence-electron chi connectivity index (χ2n) is 6.90. The number of ether oxygens (including phenoxy) is 1. The standard InChI is InChI=1S/C19H23O8/c1-11(20)15(23)16-19(26,13(3)22)18(25,9-14-7-5-4-6-8-14)17(24,10-27-16)12(2)21/h4-8,10,15-16,23-26H,9H2,1-3H3/t15?,16-,17+,18+,19-/m1/s1. The molecule has 1 radical (unpaired) electrons. The Morgan fingerprint density at radius 3 is 2.04 bits per heavy atom. The Labute approximate surface area is 156 Å². The molecule has 2 rings (SSSR count). The topological polar surface area (TPSA) is 141 Å². The zero-order valence-corrected chi connectivity index (χ0v) is 15.2. The van der Waals surface area contributed by atoms with E-state index in [1.807, 2.05) is 0 Å². The second-order valence-corrected chi connectivity index (χ2v) is 6.90. The molecule has 0 spiro atoms. The first-order valence-electron chi connectivity index (χ1n) is 8.33. The number of aliphatic hydroxyl groups is 4. The molecule has 0 bridgehead atoms. The summed E-state index contributed by atoms with van der Waals surface area (Å²) in [6.45, 7) is 3.44. The van der Waals surface area contributed by atoms with E-state index in [-0.39, 0.29) is 0 Å². The van der Waals surface area contributed by atoms with Crippen molar-refractivity contribution in [2.75, 3.05) is 0 Å². The van der Waals surface area contributed by atoms with Crippen molar-refractivity contribution in [3.05, 3.63) is 42.5 Å². The molecule has 1 aromatic rings. The minimum Gasteiger partial charge on any atom is -0.382 e. The molecule has 1 aliphatic rings. The quantitative estimate of drug-likeness (QED) is 0.499. The molecule has 147 valence electrons. The maximum Gasteiger partial charge on any atom is 0.184 e.